The van der Waals surface area contributed by atoms with Crippen molar-refractivity contribution in [3.05, 3.63) is 24.1 Å². The van der Waals surface area contributed by atoms with Crippen LogP contribution in [-0.2, 0) is 16.1 Å². The van der Waals surface area contributed by atoms with E-state index in [2.05, 4.69) is 25.3 Å². The first-order valence-electron chi connectivity index (χ1n) is 12.0. The number of aromatic nitrogens is 2. The second-order valence-electron chi connectivity index (χ2n) is 8.75. The SMILES string of the molecule is COc1ccc(-c2noc(CN3CCCC(C(=O)NCCCN4CCOCC4)C3)n2)cc1OC. The third-order valence-electron chi connectivity index (χ3n) is 6.40. The van der Waals surface area contributed by atoms with Crippen molar-refractivity contribution in [2.75, 3.05) is 66.7 Å². The first-order valence-corrected chi connectivity index (χ1v) is 12.0. The summed E-state index contributed by atoms with van der Waals surface area (Å²) >= 11 is 0. The van der Waals surface area contributed by atoms with E-state index in [4.69, 9.17) is 18.7 Å². The number of hydrogen-bond donors (Lipinski definition) is 1. The Hall–Kier alpha value is -2.69. The first kappa shape index (κ1) is 24.4. The molecule has 10 heteroatoms. The van der Waals surface area contributed by atoms with Crippen molar-refractivity contribution >= 4 is 5.91 Å². The lowest BCUT2D eigenvalue weighted by atomic mass is 9.97. The molecule has 0 aliphatic carbocycles. The molecule has 1 aromatic heterocycles. The van der Waals surface area contributed by atoms with E-state index in [0.29, 0.717) is 42.8 Å². The van der Waals surface area contributed by atoms with Gasteiger partial charge in [0.2, 0.25) is 17.6 Å². The summed E-state index contributed by atoms with van der Waals surface area (Å²) in [5.41, 5.74) is 0.792. The molecule has 4 rings (SSSR count). The largest absolute Gasteiger partial charge is 0.493 e. The van der Waals surface area contributed by atoms with Crippen LogP contribution in [0.4, 0.5) is 0 Å². The average Bonchev–Trinajstić information content (AvgIpc) is 3.35. The van der Waals surface area contributed by atoms with Crippen LogP contribution < -0.4 is 14.8 Å². The highest BCUT2D eigenvalue weighted by atomic mass is 16.5. The molecule has 1 aromatic carbocycles. The van der Waals surface area contributed by atoms with Crippen molar-refractivity contribution in [1.82, 2.24) is 25.3 Å². The van der Waals surface area contributed by atoms with E-state index in [0.717, 1.165) is 64.2 Å². The Labute approximate surface area is 200 Å². The maximum Gasteiger partial charge on any atom is 0.241 e. The number of carbonyl (C=O) groups is 1. The van der Waals surface area contributed by atoms with Crippen molar-refractivity contribution in [3.63, 3.8) is 0 Å². The zero-order valence-electron chi connectivity index (χ0n) is 20.1. The van der Waals surface area contributed by atoms with Crippen LogP contribution in [0.3, 0.4) is 0 Å². The van der Waals surface area contributed by atoms with Crippen molar-refractivity contribution < 1.29 is 23.5 Å². The molecule has 0 saturated carbocycles. The first-order chi connectivity index (χ1) is 16.7. The van der Waals surface area contributed by atoms with Gasteiger partial charge in [0.05, 0.1) is 39.9 Å². The molecule has 2 aliphatic rings. The highest BCUT2D eigenvalue weighted by molar-refractivity contribution is 5.78. The fraction of sp³-hybridized carbons (Fsp3) is 0.625. The third-order valence-corrected chi connectivity index (χ3v) is 6.40. The molecule has 34 heavy (non-hydrogen) atoms. The van der Waals surface area contributed by atoms with Gasteiger partial charge >= 0.3 is 0 Å². The number of benzene rings is 1. The number of carbonyl (C=O) groups excluding carboxylic acids is 1. The van der Waals surface area contributed by atoms with Crippen LogP contribution in [0.5, 0.6) is 11.5 Å². The summed E-state index contributed by atoms with van der Waals surface area (Å²) in [6.07, 6.45) is 2.85. The molecular formula is C24H35N5O5. The Balaban J connectivity index is 1.24. The Morgan fingerprint density at radius 1 is 1.15 bits per heavy atom. The Kier molecular flexibility index (Phi) is 8.73. The Morgan fingerprint density at radius 3 is 2.76 bits per heavy atom. The fourth-order valence-corrected chi connectivity index (χ4v) is 4.50. The predicted octanol–water partition coefficient (Wildman–Crippen LogP) is 1.80. The van der Waals surface area contributed by atoms with Gasteiger partial charge in [-0.3, -0.25) is 14.6 Å². The molecule has 1 unspecified atom stereocenters. The van der Waals surface area contributed by atoms with Crippen LogP contribution in [0.15, 0.2) is 22.7 Å². The van der Waals surface area contributed by atoms with E-state index >= 15 is 0 Å². The van der Waals surface area contributed by atoms with Crippen molar-refractivity contribution in [1.29, 1.82) is 0 Å². The molecule has 0 bridgehead atoms. The minimum absolute atomic E-state index is 0.00891. The molecule has 0 spiro atoms. The Bertz CT molecular complexity index is 930. The van der Waals surface area contributed by atoms with Crippen LogP contribution in [0.2, 0.25) is 0 Å². The lowest BCUT2D eigenvalue weighted by Gasteiger charge is -2.31. The highest BCUT2D eigenvalue weighted by Crippen LogP contribution is 2.31. The van der Waals surface area contributed by atoms with Gasteiger partial charge in [-0.2, -0.15) is 4.98 Å². The van der Waals surface area contributed by atoms with E-state index in [1.165, 1.54) is 0 Å². The summed E-state index contributed by atoms with van der Waals surface area (Å²) in [7, 11) is 3.19. The zero-order valence-corrected chi connectivity index (χ0v) is 20.1. The van der Waals surface area contributed by atoms with E-state index in [-0.39, 0.29) is 11.8 Å². The van der Waals surface area contributed by atoms with Crippen LogP contribution in [-0.4, -0.2) is 92.5 Å². The molecule has 1 atom stereocenters. The minimum Gasteiger partial charge on any atom is -0.493 e. The summed E-state index contributed by atoms with van der Waals surface area (Å²) in [6, 6.07) is 5.52. The monoisotopic (exact) mass is 473 g/mol. The standard InChI is InChI=1S/C24H35N5O5/c1-31-20-7-6-18(15-21(20)32-2)23-26-22(34-27-23)17-29-9-3-5-19(16-29)24(30)25-8-4-10-28-11-13-33-14-12-28/h6-7,15,19H,3-5,8-14,16-17H2,1-2H3,(H,25,30). The number of nitrogens with zero attached hydrogens (tertiary/aromatic N) is 4. The predicted molar refractivity (Wildman–Crippen MR) is 126 cm³/mol. The molecule has 2 aliphatic heterocycles. The van der Waals surface area contributed by atoms with Gasteiger partial charge in [-0.15, -0.1) is 0 Å². The topological polar surface area (TPSA) is 102 Å². The minimum atomic E-state index is -0.00891. The number of hydrogen-bond acceptors (Lipinski definition) is 9. The third kappa shape index (κ3) is 6.46. The van der Waals surface area contributed by atoms with Gasteiger partial charge in [-0.1, -0.05) is 5.16 Å². The molecule has 0 radical (unpaired) electrons. The molecule has 1 N–H and O–H groups in total. The van der Waals surface area contributed by atoms with Gasteiger partial charge in [0.15, 0.2) is 11.5 Å². The summed E-state index contributed by atoms with van der Waals surface area (Å²) in [6.45, 7) is 7.43. The fourth-order valence-electron chi connectivity index (χ4n) is 4.50. The Morgan fingerprint density at radius 2 is 1.97 bits per heavy atom. The number of morpholine rings is 1. The average molecular weight is 474 g/mol. The molecule has 3 heterocycles. The maximum absolute atomic E-state index is 12.7. The number of methoxy groups -OCH3 is 2. The van der Waals surface area contributed by atoms with Crippen LogP contribution in [0, 0.1) is 5.92 Å². The summed E-state index contributed by atoms with van der Waals surface area (Å²) < 4.78 is 21.5. The lowest BCUT2D eigenvalue weighted by molar-refractivity contribution is -0.126. The second kappa shape index (κ2) is 12.1. The zero-order chi connectivity index (χ0) is 23.8. The smallest absolute Gasteiger partial charge is 0.241 e. The van der Waals surface area contributed by atoms with Gasteiger partial charge in [0.25, 0.3) is 0 Å². The van der Waals surface area contributed by atoms with Crippen molar-refractivity contribution in [2.45, 2.75) is 25.8 Å². The number of ether oxygens (including phenoxy) is 3. The lowest BCUT2D eigenvalue weighted by Crippen LogP contribution is -2.43. The highest BCUT2D eigenvalue weighted by Gasteiger charge is 2.27. The molecular weight excluding hydrogens is 438 g/mol. The van der Waals surface area contributed by atoms with Gasteiger partial charge in [-0.05, 0) is 50.6 Å². The maximum atomic E-state index is 12.7. The number of rotatable bonds is 10. The summed E-state index contributed by atoms with van der Waals surface area (Å²) in [4.78, 5) is 21.9. The van der Waals surface area contributed by atoms with Gasteiger partial charge in [0.1, 0.15) is 0 Å². The number of likely N-dealkylation sites (tertiary alicyclic amines) is 1. The second-order valence-corrected chi connectivity index (χ2v) is 8.75. The van der Waals surface area contributed by atoms with E-state index in [9.17, 15) is 4.79 Å². The van der Waals surface area contributed by atoms with Gasteiger partial charge < -0.3 is 24.1 Å². The molecule has 2 aromatic rings. The molecule has 1 amide bonds. The number of nitrogens with one attached hydrogen (secondary N) is 1. The van der Waals surface area contributed by atoms with Crippen LogP contribution >= 0.6 is 0 Å². The van der Waals surface area contributed by atoms with Gasteiger partial charge in [0, 0.05) is 31.7 Å². The number of amides is 1. The van der Waals surface area contributed by atoms with Crippen LogP contribution in [0.25, 0.3) is 11.4 Å². The van der Waals surface area contributed by atoms with Crippen molar-refractivity contribution in [2.24, 2.45) is 5.92 Å². The van der Waals surface area contributed by atoms with E-state index < -0.39 is 0 Å². The van der Waals surface area contributed by atoms with Crippen molar-refractivity contribution in [3.8, 4) is 22.9 Å². The summed E-state index contributed by atoms with van der Waals surface area (Å²) in [5, 5.41) is 7.25. The van der Waals surface area contributed by atoms with Gasteiger partial charge in [-0.25, -0.2) is 0 Å². The molecule has 2 saturated heterocycles. The normalized spacial score (nSPS) is 19.6. The number of piperidine rings is 1. The quantitative estimate of drug-likeness (QED) is 0.518. The van der Waals surface area contributed by atoms with Crippen LogP contribution in [0.1, 0.15) is 25.2 Å². The van der Waals surface area contributed by atoms with E-state index in [1.807, 2.05) is 18.2 Å². The molecule has 10 nitrogen and oxygen atoms in total. The molecule has 2 fully saturated rings. The summed E-state index contributed by atoms with van der Waals surface area (Å²) in [5.74, 6) is 2.43. The molecule has 186 valence electrons. The van der Waals surface area contributed by atoms with E-state index in [1.54, 1.807) is 14.2 Å².